The van der Waals surface area contributed by atoms with Crippen LogP contribution in [-0.2, 0) is 14.3 Å². The molecule has 0 saturated carbocycles. The fourth-order valence-corrected chi connectivity index (χ4v) is 1.07. The zero-order valence-electron chi connectivity index (χ0n) is 10.0. The minimum atomic E-state index is -0.628. The molecule has 15 heavy (non-hydrogen) atoms. The summed E-state index contributed by atoms with van der Waals surface area (Å²) in [5.41, 5.74) is -0.628. The maximum Gasteiger partial charge on any atom is 0.312 e. The summed E-state index contributed by atoms with van der Waals surface area (Å²) >= 11 is 0. The monoisotopic (exact) mass is 216 g/mol. The first-order valence-corrected chi connectivity index (χ1v) is 4.88. The van der Waals surface area contributed by atoms with Crippen LogP contribution in [0.25, 0.3) is 0 Å². The van der Waals surface area contributed by atoms with E-state index in [0.717, 1.165) is 0 Å². The van der Waals surface area contributed by atoms with Crippen LogP contribution in [0.5, 0.6) is 0 Å². The van der Waals surface area contributed by atoms with E-state index in [1.807, 2.05) is 0 Å². The van der Waals surface area contributed by atoms with Gasteiger partial charge in [0.15, 0.2) is 0 Å². The Morgan fingerprint density at radius 2 is 1.93 bits per heavy atom. The van der Waals surface area contributed by atoms with Gasteiger partial charge >= 0.3 is 5.97 Å². The standard InChI is InChI=1S/C10H20N2O3/c1-7(8(13)11-4)12-6-10(2,3)9(14)15-5/h7,12H,6H2,1-5H3,(H,11,13). The van der Waals surface area contributed by atoms with Crippen molar-refractivity contribution < 1.29 is 14.3 Å². The highest BCUT2D eigenvalue weighted by atomic mass is 16.5. The van der Waals surface area contributed by atoms with Crippen LogP contribution in [0.2, 0.25) is 0 Å². The third-order valence-corrected chi connectivity index (χ3v) is 2.23. The summed E-state index contributed by atoms with van der Waals surface area (Å²) in [6.45, 7) is 5.67. The van der Waals surface area contributed by atoms with Gasteiger partial charge in [-0.25, -0.2) is 0 Å². The number of rotatable bonds is 5. The third kappa shape index (κ3) is 4.29. The molecule has 0 fully saturated rings. The number of nitrogens with one attached hydrogen (secondary N) is 2. The minimum absolute atomic E-state index is 0.101. The molecule has 0 aromatic rings. The average Bonchev–Trinajstić information content (AvgIpc) is 2.23. The van der Waals surface area contributed by atoms with Crippen LogP contribution in [-0.4, -0.2) is 38.6 Å². The van der Waals surface area contributed by atoms with Gasteiger partial charge in [-0.1, -0.05) is 0 Å². The molecule has 0 heterocycles. The Kier molecular flexibility index (Phi) is 5.28. The lowest BCUT2D eigenvalue weighted by Gasteiger charge is -2.23. The van der Waals surface area contributed by atoms with Crippen molar-refractivity contribution in [3.63, 3.8) is 0 Å². The second kappa shape index (κ2) is 5.70. The van der Waals surface area contributed by atoms with Gasteiger partial charge in [0, 0.05) is 13.6 Å². The van der Waals surface area contributed by atoms with Crippen molar-refractivity contribution in [3.8, 4) is 0 Å². The van der Waals surface area contributed by atoms with Gasteiger partial charge in [0.25, 0.3) is 0 Å². The second-order valence-corrected chi connectivity index (χ2v) is 4.09. The summed E-state index contributed by atoms with van der Waals surface area (Å²) in [5, 5.41) is 5.50. The Hall–Kier alpha value is -1.10. The van der Waals surface area contributed by atoms with E-state index in [-0.39, 0.29) is 17.9 Å². The first-order chi connectivity index (χ1) is 6.85. The van der Waals surface area contributed by atoms with E-state index >= 15 is 0 Å². The lowest BCUT2D eigenvalue weighted by molar-refractivity contribution is -0.150. The van der Waals surface area contributed by atoms with E-state index in [1.165, 1.54) is 7.11 Å². The molecule has 1 atom stereocenters. The predicted molar refractivity (Wildman–Crippen MR) is 57.3 cm³/mol. The molecule has 5 nitrogen and oxygen atoms in total. The van der Waals surface area contributed by atoms with Crippen molar-refractivity contribution in [3.05, 3.63) is 0 Å². The van der Waals surface area contributed by atoms with Gasteiger partial charge in [-0.15, -0.1) is 0 Å². The van der Waals surface area contributed by atoms with E-state index in [9.17, 15) is 9.59 Å². The smallest absolute Gasteiger partial charge is 0.312 e. The van der Waals surface area contributed by atoms with Crippen molar-refractivity contribution in [1.82, 2.24) is 10.6 Å². The quantitative estimate of drug-likeness (QED) is 0.630. The van der Waals surface area contributed by atoms with E-state index < -0.39 is 5.41 Å². The van der Waals surface area contributed by atoms with E-state index in [4.69, 9.17) is 0 Å². The van der Waals surface area contributed by atoms with Crippen LogP contribution in [0.1, 0.15) is 20.8 Å². The molecule has 0 bridgehead atoms. The maximum absolute atomic E-state index is 11.3. The largest absolute Gasteiger partial charge is 0.469 e. The number of carbonyl (C=O) groups excluding carboxylic acids is 2. The molecular weight excluding hydrogens is 196 g/mol. The highest BCUT2D eigenvalue weighted by Crippen LogP contribution is 2.15. The number of amides is 1. The molecule has 0 aliphatic heterocycles. The van der Waals surface area contributed by atoms with Gasteiger partial charge in [0.05, 0.1) is 18.6 Å². The zero-order valence-corrected chi connectivity index (χ0v) is 10.0. The minimum Gasteiger partial charge on any atom is -0.469 e. The summed E-state index contributed by atoms with van der Waals surface area (Å²) in [6, 6.07) is -0.320. The first kappa shape index (κ1) is 13.9. The number of hydrogen-bond donors (Lipinski definition) is 2. The van der Waals surface area contributed by atoms with Crippen molar-refractivity contribution in [2.75, 3.05) is 20.7 Å². The molecular formula is C10H20N2O3. The van der Waals surface area contributed by atoms with Gasteiger partial charge in [-0.3, -0.25) is 9.59 Å². The first-order valence-electron chi connectivity index (χ1n) is 4.88. The molecule has 0 spiro atoms. The molecule has 0 rings (SSSR count). The molecule has 0 aliphatic rings. The summed E-state index contributed by atoms with van der Waals surface area (Å²) in [6.07, 6.45) is 0. The molecule has 0 aliphatic carbocycles. The van der Waals surface area contributed by atoms with Crippen molar-refractivity contribution >= 4 is 11.9 Å². The Morgan fingerprint density at radius 3 is 2.33 bits per heavy atom. The van der Waals surface area contributed by atoms with Crippen LogP contribution in [0.15, 0.2) is 0 Å². The predicted octanol–water partition coefficient (Wildman–Crippen LogP) is -0.0903. The van der Waals surface area contributed by atoms with Crippen LogP contribution < -0.4 is 10.6 Å². The van der Waals surface area contributed by atoms with E-state index in [2.05, 4.69) is 15.4 Å². The van der Waals surface area contributed by atoms with Crippen LogP contribution >= 0.6 is 0 Å². The Morgan fingerprint density at radius 1 is 1.40 bits per heavy atom. The molecule has 1 unspecified atom stereocenters. The SMILES string of the molecule is CNC(=O)C(C)NCC(C)(C)C(=O)OC. The zero-order chi connectivity index (χ0) is 12.1. The van der Waals surface area contributed by atoms with Crippen LogP contribution in [0.4, 0.5) is 0 Å². The molecule has 0 aromatic carbocycles. The summed E-state index contributed by atoms with van der Waals surface area (Å²) < 4.78 is 4.65. The average molecular weight is 216 g/mol. The second-order valence-electron chi connectivity index (χ2n) is 4.09. The van der Waals surface area contributed by atoms with Gasteiger partial charge in [-0.2, -0.15) is 0 Å². The highest BCUT2D eigenvalue weighted by molar-refractivity contribution is 5.81. The van der Waals surface area contributed by atoms with E-state index in [1.54, 1.807) is 27.8 Å². The summed E-state index contributed by atoms with van der Waals surface area (Å²) in [7, 11) is 2.93. The van der Waals surface area contributed by atoms with Gasteiger partial charge in [0.2, 0.25) is 5.91 Å². The van der Waals surface area contributed by atoms with Crippen molar-refractivity contribution in [2.45, 2.75) is 26.8 Å². The van der Waals surface area contributed by atoms with Gasteiger partial charge in [-0.05, 0) is 20.8 Å². The van der Waals surface area contributed by atoms with Crippen LogP contribution in [0.3, 0.4) is 0 Å². The molecule has 0 saturated heterocycles. The molecule has 88 valence electrons. The topological polar surface area (TPSA) is 67.4 Å². The van der Waals surface area contributed by atoms with Crippen molar-refractivity contribution in [1.29, 1.82) is 0 Å². The number of ether oxygens (including phenoxy) is 1. The lowest BCUT2D eigenvalue weighted by Crippen LogP contribution is -2.46. The Balaban J connectivity index is 4.14. The number of carbonyl (C=O) groups is 2. The molecule has 5 heteroatoms. The number of hydrogen-bond acceptors (Lipinski definition) is 4. The molecule has 2 N–H and O–H groups in total. The molecule has 0 radical (unpaired) electrons. The molecule has 0 aromatic heterocycles. The Bertz CT molecular complexity index is 239. The van der Waals surface area contributed by atoms with Crippen LogP contribution in [0, 0.1) is 5.41 Å². The lowest BCUT2D eigenvalue weighted by atomic mass is 9.93. The third-order valence-electron chi connectivity index (χ3n) is 2.23. The maximum atomic E-state index is 11.3. The normalized spacial score (nSPS) is 13.1. The number of methoxy groups -OCH3 is 1. The number of esters is 1. The summed E-state index contributed by atoms with van der Waals surface area (Å²) in [4.78, 5) is 22.5. The fraction of sp³-hybridized carbons (Fsp3) is 0.800. The fourth-order valence-electron chi connectivity index (χ4n) is 1.07. The highest BCUT2D eigenvalue weighted by Gasteiger charge is 2.29. The number of likely N-dealkylation sites (N-methyl/N-ethyl adjacent to an activating group) is 1. The van der Waals surface area contributed by atoms with Gasteiger partial charge in [0.1, 0.15) is 0 Å². The van der Waals surface area contributed by atoms with Crippen molar-refractivity contribution in [2.24, 2.45) is 5.41 Å². The van der Waals surface area contributed by atoms with Gasteiger partial charge < -0.3 is 15.4 Å². The molecule has 1 amide bonds. The summed E-state index contributed by atoms with van der Waals surface area (Å²) in [5.74, 6) is -0.394. The van der Waals surface area contributed by atoms with E-state index in [0.29, 0.717) is 6.54 Å². The Labute approximate surface area is 90.6 Å².